The van der Waals surface area contributed by atoms with Gasteiger partial charge in [0.25, 0.3) is 0 Å². The van der Waals surface area contributed by atoms with Crippen molar-refractivity contribution >= 4 is 5.97 Å². The van der Waals surface area contributed by atoms with Crippen molar-refractivity contribution < 1.29 is 9.90 Å². The van der Waals surface area contributed by atoms with Gasteiger partial charge in [-0.25, -0.2) is 9.78 Å². The van der Waals surface area contributed by atoms with E-state index in [4.69, 9.17) is 5.11 Å². The molecular formula is C17H21N3O2. The maximum Gasteiger partial charge on any atom is 0.335 e. The first-order valence-corrected chi connectivity index (χ1v) is 7.68. The number of aryl methyl sites for hydroxylation is 1. The smallest absolute Gasteiger partial charge is 0.335 e. The van der Waals surface area contributed by atoms with E-state index in [2.05, 4.69) is 14.9 Å². The van der Waals surface area contributed by atoms with Gasteiger partial charge in [0.15, 0.2) is 0 Å². The molecule has 22 heavy (non-hydrogen) atoms. The molecule has 5 heteroatoms. The first-order chi connectivity index (χ1) is 10.6. The highest BCUT2D eigenvalue weighted by molar-refractivity contribution is 5.87. The second kappa shape index (κ2) is 6.32. The van der Waals surface area contributed by atoms with Crippen LogP contribution in [0.2, 0.25) is 0 Å². The molecule has 0 bridgehead atoms. The second-order valence-corrected chi connectivity index (χ2v) is 6.03. The molecule has 0 aliphatic carbocycles. The molecule has 0 amide bonds. The summed E-state index contributed by atoms with van der Waals surface area (Å²) in [5.41, 5.74) is 2.50. The van der Waals surface area contributed by atoms with Crippen LogP contribution in [-0.4, -0.2) is 39.0 Å². The minimum absolute atomic E-state index is 0.354. The van der Waals surface area contributed by atoms with Crippen molar-refractivity contribution in [3.05, 3.63) is 53.1 Å². The standard InChI is InChI=1S/C17H21N3O2/c1-12-9-18-16(19-12)15-6-3-7-20(11-15)10-13-4-2-5-14(8-13)17(21)22/h2,4-5,8-9,15H,3,6-7,10-11H2,1H3,(H,18,19)(H,21,22)/t15-/m0/s1. The fourth-order valence-electron chi connectivity index (χ4n) is 3.12. The van der Waals surface area contributed by atoms with E-state index >= 15 is 0 Å². The Hall–Kier alpha value is -2.14. The molecule has 0 radical (unpaired) electrons. The van der Waals surface area contributed by atoms with Crippen LogP contribution in [0.15, 0.2) is 30.5 Å². The van der Waals surface area contributed by atoms with Gasteiger partial charge in [-0.2, -0.15) is 0 Å². The summed E-state index contributed by atoms with van der Waals surface area (Å²) in [6.45, 7) is 4.82. The molecule has 2 aromatic rings. The van der Waals surface area contributed by atoms with Crippen LogP contribution in [0.1, 0.15) is 46.2 Å². The third-order valence-electron chi connectivity index (χ3n) is 4.19. The molecule has 116 valence electrons. The summed E-state index contributed by atoms with van der Waals surface area (Å²) in [5.74, 6) is 0.635. The molecule has 0 saturated carbocycles. The van der Waals surface area contributed by atoms with E-state index in [0.717, 1.165) is 49.6 Å². The molecule has 1 atom stereocenters. The van der Waals surface area contributed by atoms with Crippen LogP contribution in [-0.2, 0) is 6.54 Å². The number of carboxylic acid groups (broad SMARTS) is 1. The van der Waals surface area contributed by atoms with Crippen molar-refractivity contribution in [1.82, 2.24) is 14.9 Å². The van der Waals surface area contributed by atoms with Gasteiger partial charge >= 0.3 is 5.97 Å². The van der Waals surface area contributed by atoms with E-state index in [1.807, 2.05) is 25.3 Å². The fourth-order valence-corrected chi connectivity index (χ4v) is 3.12. The molecule has 1 aliphatic rings. The minimum Gasteiger partial charge on any atom is -0.478 e. The van der Waals surface area contributed by atoms with E-state index in [1.165, 1.54) is 0 Å². The van der Waals surface area contributed by atoms with Gasteiger partial charge in [-0.05, 0) is 44.0 Å². The molecule has 2 heterocycles. The van der Waals surface area contributed by atoms with Gasteiger partial charge in [0, 0.05) is 30.9 Å². The average molecular weight is 299 g/mol. The number of hydrogen-bond donors (Lipinski definition) is 2. The molecule has 1 aromatic heterocycles. The van der Waals surface area contributed by atoms with Crippen LogP contribution < -0.4 is 0 Å². The Bertz CT molecular complexity index is 665. The monoisotopic (exact) mass is 299 g/mol. The zero-order valence-electron chi connectivity index (χ0n) is 12.7. The summed E-state index contributed by atoms with van der Waals surface area (Å²) in [7, 11) is 0. The number of aromatic amines is 1. The van der Waals surface area contributed by atoms with Crippen LogP contribution in [0.25, 0.3) is 0 Å². The van der Waals surface area contributed by atoms with E-state index in [0.29, 0.717) is 11.5 Å². The predicted octanol–water partition coefficient (Wildman–Crippen LogP) is 2.80. The van der Waals surface area contributed by atoms with Gasteiger partial charge in [0.1, 0.15) is 5.82 Å². The Morgan fingerprint density at radius 1 is 1.50 bits per heavy atom. The number of rotatable bonds is 4. The number of hydrogen-bond acceptors (Lipinski definition) is 3. The normalized spacial score (nSPS) is 19.2. The van der Waals surface area contributed by atoms with Crippen LogP contribution >= 0.6 is 0 Å². The molecule has 1 saturated heterocycles. The lowest BCUT2D eigenvalue weighted by Gasteiger charge is -2.31. The number of nitrogens with zero attached hydrogens (tertiary/aromatic N) is 2. The Labute approximate surface area is 130 Å². The van der Waals surface area contributed by atoms with Gasteiger partial charge in [-0.3, -0.25) is 4.90 Å². The topological polar surface area (TPSA) is 69.2 Å². The Morgan fingerprint density at radius 2 is 2.36 bits per heavy atom. The van der Waals surface area contributed by atoms with Crippen molar-refractivity contribution in [1.29, 1.82) is 0 Å². The van der Waals surface area contributed by atoms with E-state index in [-0.39, 0.29) is 0 Å². The SMILES string of the molecule is Cc1cnc([C@H]2CCCN(Cc3cccc(C(=O)O)c3)C2)[nH]1. The third kappa shape index (κ3) is 3.36. The van der Waals surface area contributed by atoms with E-state index < -0.39 is 5.97 Å². The number of aromatic carboxylic acids is 1. The molecule has 0 spiro atoms. The first kappa shape index (κ1) is 14.8. The van der Waals surface area contributed by atoms with Gasteiger partial charge in [0.05, 0.1) is 5.56 Å². The lowest BCUT2D eigenvalue weighted by atomic mass is 9.97. The van der Waals surface area contributed by atoms with Crippen molar-refractivity contribution in [2.45, 2.75) is 32.2 Å². The van der Waals surface area contributed by atoms with Crippen LogP contribution in [0.4, 0.5) is 0 Å². The molecule has 1 aliphatic heterocycles. The van der Waals surface area contributed by atoms with Gasteiger partial charge in [-0.1, -0.05) is 12.1 Å². The zero-order chi connectivity index (χ0) is 15.5. The van der Waals surface area contributed by atoms with Crippen molar-refractivity contribution in [3.63, 3.8) is 0 Å². The molecule has 1 aromatic carbocycles. The maximum absolute atomic E-state index is 11.1. The lowest BCUT2D eigenvalue weighted by molar-refractivity contribution is 0.0696. The summed E-state index contributed by atoms with van der Waals surface area (Å²) in [6.07, 6.45) is 4.17. The summed E-state index contributed by atoms with van der Waals surface area (Å²) >= 11 is 0. The quantitative estimate of drug-likeness (QED) is 0.911. The number of carboxylic acids is 1. The van der Waals surface area contributed by atoms with Crippen molar-refractivity contribution in [2.24, 2.45) is 0 Å². The Balaban J connectivity index is 1.67. The highest BCUT2D eigenvalue weighted by Crippen LogP contribution is 2.26. The molecular weight excluding hydrogens is 278 g/mol. The molecule has 3 rings (SSSR count). The zero-order valence-corrected chi connectivity index (χ0v) is 12.7. The number of benzene rings is 1. The number of piperidine rings is 1. The summed E-state index contributed by atoms with van der Waals surface area (Å²) in [5, 5.41) is 9.08. The largest absolute Gasteiger partial charge is 0.478 e. The highest BCUT2D eigenvalue weighted by Gasteiger charge is 2.23. The van der Waals surface area contributed by atoms with Gasteiger partial charge in [0.2, 0.25) is 0 Å². The fraction of sp³-hybridized carbons (Fsp3) is 0.412. The molecule has 0 unspecified atom stereocenters. The summed E-state index contributed by atoms with van der Waals surface area (Å²) in [6, 6.07) is 7.21. The number of carbonyl (C=O) groups is 1. The van der Waals surface area contributed by atoms with E-state index in [9.17, 15) is 4.79 Å². The van der Waals surface area contributed by atoms with Gasteiger partial charge < -0.3 is 10.1 Å². The summed E-state index contributed by atoms with van der Waals surface area (Å²) in [4.78, 5) is 21.2. The predicted molar refractivity (Wildman–Crippen MR) is 84.0 cm³/mol. The van der Waals surface area contributed by atoms with Gasteiger partial charge in [-0.15, -0.1) is 0 Å². The average Bonchev–Trinajstić information content (AvgIpc) is 2.94. The number of nitrogens with one attached hydrogen (secondary N) is 1. The minimum atomic E-state index is -0.871. The maximum atomic E-state index is 11.1. The molecule has 5 nitrogen and oxygen atoms in total. The molecule has 2 N–H and O–H groups in total. The summed E-state index contributed by atoms with van der Waals surface area (Å²) < 4.78 is 0. The van der Waals surface area contributed by atoms with Crippen LogP contribution in [0, 0.1) is 6.92 Å². The lowest BCUT2D eigenvalue weighted by Crippen LogP contribution is -2.34. The second-order valence-electron chi connectivity index (χ2n) is 6.03. The number of H-pyrrole nitrogens is 1. The highest BCUT2D eigenvalue weighted by atomic mass is 16.4. The van der Waals surface area contributed by atoms with Crippen molar-refractivity contribution in [3.8, 4) is 0 Å². The Kier molecular flexibility index (Phi) is 4.24. The number of aromatic nitrogens is 2. The molecule has 1 fully saturated rings. The first-order valence-electron chi connectivity index (χ1n) is 7.68. The van der Waals surface area contributed by atoms with Crippen LogP contribution in [0.3, 0.4) is 0 Å². The van der Waals surface area contributed by atoms with Crippen LogP contribution in [0.5, 0.6) is 0 Å². The Morgan fingerprint density at radius 3 is 3.09 bits per heavy atom. The number of imidazole rings is 1. The third-order valence-corrected chi connectivity index (χ3v) is 4.19. The van der Waals surface area contributed by atoms with E-state index in [1.54, 1.807) is 12.1 Å². The number of likely N-dealkylation sites (tertiary alicyclic amines) is 1. The van der Waals surface area contributed by atoms with Crippen molar-refractivity contribution in [2.75, 3.05) is 13.1 Å².